The van der Waals surface area contributed by atoms with Crippen molar-refractivity contribution in [1.29, 1.82) is 0 Å². The van der Waals surface area contributed by atoms with Crippen LogP contribution in [0.1, 0.15) is 2.74 Å². The summed E-state index contributed by atoms with van der Waals surface area (Å²) in [5, 5.41) is 0. The minimum atomic E-state index is 0.249. The molecular formula is C10H8N2. The molecule has 2 heteroatoms. The van der Waals surface area contributed by atoms with Gasteiger partial charge in [-0.2, -0.15) is 0 Å². The second-order valence-electron chi connectivity index (χ2n) is 2.35. The van der Waals surface area contributed by atoms with Gasteiger partial charge in [-0.3, -0.25) is 9.97 Å². The maximum absolute atomic E-state index is 7.23. The minimum Gasteiger partial charge on any atom is -0.264 e. The van der Waals surface area contributed by atoms with Crippen molar-refractivity contribution < 1.29 is 2.74 Å². The molecule has 2 aromatic heterocycles. The fourth-order valence-electron chi connectivity index (χ4n) is 0.981. The molecule has 2 rings (SSSR count). The number of rotatable bonds is 1. The van der Waals surface area contributed by atoms with Gasteiger partial charge in [0.25, 0.3) is 0 Å². The Morgan fingerprint density at radius 1 is 0.917 bits per heavy atom. The van der Waals surface area contributed by atoms with Crippen LogP contribution in [0.15, 0.2) is 49.0 Å². The first-order chi connectivity index (χ1) is 6.75. The van der Waals surface area contributed by atoms with E-state index in [2.05, 4.69) is 9.97 Å². The zero-order chi connectivity index (χ0) is 9.97. The molecule has 12 heavy (non-hydrogen) atoms. The molecule has 0 aliphatic rings. The van der Waals surface area contributed by atoms with Gasteiger partial charge in [-0.25, -0.2) is 0 Å². The highest BCUT2D eigenvalue weighted by Gasteiger charge is 1.93. The van der Waals surface area contributed by atoms with Crippen LogP contribution in [0.3, 0.4) is 0 Å². The normalized spacial score (nSPS) is 12.0. The Kier molecular flexibility index (Phi) is 1.31. The van der Waals surface area contributed by atoms with Crippen LogP contribution in [0.4, 0.5) is 0 Å². The highest BCUT2D eigenvalue weighted by atomic mass is 14.6. The van der Waals surface area contributed by atoms with E-state index in [-0.39, 0.29) is 12.3 Å². The summed E-state index contributed by atoms with van der Waals surface area (Å²) in [5.41, 5.74) is 1.82. The third-order valence-corrected chi connectivity index (χ3v) is 1.56. The smallest absolute Gasteiger partial charge is 0.0840 e. The van der Waals surface area contributed by atoms with Crippen LogP contribution < -0.4 is 0 Å². The summed E-state index contributed by atoms with van der Waals surface area (Å²) >= 11 is 0. The largest absolute Gasteiger partial charge is 0.264 e. The number of hydrogen-bond acceptors (Lipinski definition) is 2. The van der Waals surface area contributed by atoms with Crippen molar-refractivity contribution >= 4 is 0 Å². The lowest BCUT2D eigenvalue weighted by molar-refractivity contribution is 1.30. The molecule has 0 radical (unpaired) electrons. The Morgan fingerprint density at radius 3 is 1.75 bits per heavy atom. The SMILES string of the molecule is [2H]c1ccc(-c2ccc([2H])nc2)cn1. The third kappa shape index (κ3) is 1.32. The van der Waals surface area contributed by atoms with Crippen molar-refractivity contribution in [1.82, 2.24) is 9.97 Å². The van der Waals surface area contributed by atoms with Crippen molar-refractivity contribution in [2.75, 3.05) is 0 Å². The molecule has 0 atom stereocenters. The molecule has 0 unspecified atom stereocenters. The summed E-state index contributed by atoms with van der Waals surface area (Å²) < 4.78 is 14.5. The van der Waals surface area contributed by atoms with Gasteiger partial charge in [0.2, 0.25) is 0 Å². The Morgan fingerprint density at radius 2 is 1.42 bits per heavy atom. The minimum absolute atomic E-state index is 0.249. The molecule has 0 N–H and O–H groups in total. The molecule has 2 heterocycles. The molecule has 2 nitrogen and oxygen atoms in total. The second kappa shape index (κ2) is 3.13. The molecule has 0 saturated heterocycles. The number of hydrogen-bond donors (Lipinski definition) is 0. The first-order valence-corrected chi connectivity index (χ1v) is 3.61. The van der Waals surface area contributed by atoms with Crippen LogP contribution in [0.25, 0.3) is 11.1 Å². The van der Waals surface area contributed by atoms with Crippen molar-refractivity contribution in [3.63, 3.8) is 0 Å². The standard InChI is InChI=1S/C10H8N2/c1-3-9(7-11-5-1)10-4-2-6-12-8-10/h1-8H/i5D,6D. The molecule has 0 bridgehead atoms. The van der Waals surface area contributed by atoms with Gasteiger partial charge in [-0.15, -0.1) is 0 Å². The number of aromatic nitrogens is 2. The average Bonchev–Trinajstić information content (AvgIpc) is 2.21. The lowest BCUT2D eigenvalue weighted by atomic mass is 10.1. The fraction of sp³-hybridized carbons (Fsp3) is 0. The maximum atomic E-state index is 7.23. The summed E-state index contributed by atoms with van der Waals surface area (Å²) in [4.78, 5) is 7.74. The van der Waals surface area contributed by atoms with E-state index in [9.17, 15) is 0 Å². The predicted molar refractivity (Wildman–Crippen MR) is 47.5 cm³/mol. The van der Waals surface area contributed by atoms with Crippen LogP contribution >= 0.6 is 0 Å². The van der Waals surface area contributed by atoms with Gasteiger partial charge >= 0.3 is 0 Å². The quantitative estimate of drug-likeness (QED) is 0.635. The van der Waals surface area contributed by atoms with Crippen molar-refractivity contribution in [3.8, 4) is 11.1 Å². The van der Waals surface area contributed by atoms with Gasteiger partial charge in [0.05, 0.1) is 2.74 Å². The summed E-state index contributed by atoms with van der Waals surface area (Å²) in [6.07, 6.45) is 3.75. The number of nitrogens with zero attached hydrogens (tertiary/aromatic N) is 2. The fourth-order valence-corrected chi connectivity index (χ4v) is 0.981. The highest BCUT2D eigenvalue weighted by molar-refractivity contribution is 5.60. The predicted octanol–water partition coefficient (Wildman–Crippen LogP) is 2.14. The van der Waals surface area contributed by atoms with Gasteiger partial charge in [-0.05, 0) is 12.1 Å². The lowest BCUT2D eigenvalue weighted by Gasteiger charge is -1.97. The molecule has 2 aromatic rings. The van der Waals surface area contributed by atoms with Gasteiger partial charge in [0.15, 0.2) is 0 Å². The van der Waals surface area contributed by atoms with E-state index < -0.39 is 0 Å². The topological polar surface area (TPSA) is 25.8 Å². The highest BCUT2D eigenvalue weighted by Crippen LogP contribution is 2.14. The zero-order valence-electron chi connectivity index (χ0n) is 8.36. The molecule has 0 saturated carbocycles. The Balaban J connectivity index is 2.40. The summed E-state index contributed by atoms with van der Waals surface area (Å²) in [6, 6.07) is 6.89. The van der Waals surface area contributed by atoms with Crippen molar-refractivity contribution in [2.45, 2.75) is 0 Å². The van der Waals surface area contributed by atoms with Crippen LogP contribution in [-0.2, 0) is 0 Å². The molecular weight excluding hydrogens is 148 g/mol. The molecule has 58 valence electrons. The Hall–Kier alpha value is -1.70. The molecule has 0 amide bonds. The third-order valence-electron chi connectivity index (χ3n) is 1.56. The summed E-state index contributed by atoms with van der Waals surface area (Å²) in [5.74, 6) is 0. The average molecular weight is 158 g/mol. The molecule has 0 aliphatic heterocycles. The summed E-state index contributed by atoms with van der Waals surface area (Å²) in [7, 11) is 0. The number of pyridine rings is 2. The van der Waals surface area contributed by atoms with Gasteiger partial charge in [0, 0.05) is 35.9 Å². The van der Waals surface area contributed by atoms with Crippen LogP contribution in [0.2, 0.25) is 0 Å². The molecule has 0 aliphatic carbocycles. The Bertz CT molecular complexity index is 379. The van der Waals surface area contributed by atoms with Crippen molar-refractivity contribution in [3.05, 3.63) is 49.0 Å². The first-order valence-electron chi connectivity index (χ1n) is 4.61. The zero-order valence-corrected chi connectivity index (χ0v) is 6.36. The van der Waals surface area contributed by atoms with Gasteiger partial charge < -0.3 is 0 Å². The van der Waals surface area contributed by atoms with Crippen molar-refractivity contribution in [2.24, 2.45) is 0 Å². The first kappa shape index (κ1) is 5.04. The van der Waals surface area contributed by atoms with E-state index in [0.29, 0.717) is 0 Å². The van der Waals surface area contributed by atoms with E-state index in [0.717, 1.165) is 11.1 Å². The second-order valence-corrected chi connectivity index (χ2v) is 2.35. The lowest BCUT2D eigenvalue weighted by Crippen LogP contribution is -1.79. The van der Waals surface area contributed by atoms with Gasteiger partial charge in [0.1, 0.15) is 0 Å². The van der Waals surface area contributed by atoms with Crippen LogP contribution in [-0.4, -0.2) is 9.97 Å². The van der Waals surface area contributed by atoms with Crippen LogP contribution in [0, 0.1) is 0 Å². The monoisotopic (exact) mass is 158 g/mol. The molecule has 0 spiro atoms. The van der Waals surface area contributed by atoms with E-state index >= 15 is 0 Å². The van der Waals surface area contributed by atoms with E-state index in [1.165, 1.54) is 0 Å². The molecule has 0 fully saturated rings. The maximum Gasteiger partial charge on any atom is 0.0840 e. The van der Waals surface area contributed by atoms with Gasteiger partial charge in [-0.1, -0.05) is 12.1 Å². The van der Waals surface area contributed by atoms with E-state index in [4.69, 9.17) is 2.74 Å². The molecule has 0 aromatic carbocycles. The van der Waals surface area contributed by atoms with E-state index in [1.54, 1.807) is 24.5 Å². The Labute approximate surface area is 73.7 Å². The van der Waals surface area contributed by atoms with E-state index in [1.807, 2.05) is 12.1 Å². The van der Waals surface area contributed by atoms with Crippen LogP contribution in [0.5, 0.6) is 0 Å². The summed E-state index contributed by atoms with van der Waals surface area (Å²) in [6.45, 7) is 0.